The Hall–Kier alpha value is -1.00. The van der Waals surface area contributed by atoms with Gasteiger partial charge in [-0.15, -0.1) is 12.6 Å². The molecule has 1 fully saturated rings. The van der Waals surface area contributed by atoms with Crippen LogP contribution < -0.4 is 5.32 Å². The number of hydrogen-bond donors (Lipinski definition) is 2. The Bertz CT molecular complexity index is 442. The molecular formula is C14H19NO2S. The van der Waals surface area contributed by atoms with Crippen molar-refractivity contribution in [1.29, 1.82) is 0 Å². The lowest BCUT2D eigenvalue weighted by Crippen LogP contribution is -2.61. The SMILES string of the molecule is COC1CC(NC(=O)c2ccc(S)cc2)C1(C)C. The van der Waals surface area contributed by atoms with E-state index in [2.05, 4.69) is 31.8 Å². The van der Waals surface area contributed by atoms with Gasteiger partial charge in [0.05, 0.1) is 6.10 Å². The maximum absolute atomic E-state index is 12.1. The van der Waals surface area contributed by atoms with E-state index in [9.17, 15) is 4.79 Å². The quantitative estimate of drug-likeness (QED) is 0.824. The first-order valence-electron chi connectivity index (χ1n) is 6.08. The van der Waals surface area contributed by atoms with Gasteiger partial charge in [-0.05, 0) is 30.7 Å². The molecule has 0 bridgehead atoms. The smallest absolute Gasteiger partial charge is 0.251 e. The number of carbonyl (C=O) groups is 1. The number of ether oxygens (including phenoxy) is 1. The van der Waals surface area contributed by atoms with Crippen LogP contribution in [0.15, 0.2) is 29.2 Å². The minimum atomic E-state index is -0.0315. The standard InChI is InChI=1S/C14H19NO2S/c1-14(2)11(8-12(14)17-3)15-13(16)9-4-6-10(18)7-5-9/h4-7,11-12,18H,8H2,1-3H3,(H,15,16). The summed E-state index contributed by atoms with van der Waals surface area (Å²) in [4.78, 5) is 12.9. The third-order valence-electron chi connectivity index (χ3n) is 3.90. The number of benzene rings is 1. The highest BCUT2D eigenvalue weighted by Gasteiger charge is 2.49. The molecule has 2 unspecified atom stereocenters. The Morgan fingerprint density at radius 1 is 1.39 bits per heavy atom. The van der Waals surface area contributed by atoms with Gasteiger partial charge >= 0.3 is 0 Å². The second kappa shape index (κ2) is 4.94. The second-order valence-corrected chi connectivity index (χ2v) is 5.87. The normalized spacial score (nSPS) is 25.3. The molecule has 1 saturated carbocycles. The van der Waals surface area contributed by atoms with Crippen molar-refractivity contribution in [2.45, 2.75) is 37.3 Å². The number of amides is 1. The van der Waals surface area contributed by atoms with Crippen molar-refractivity contribution in [3.05, 3.63) is 29.8 Å². The molecule has 2 atom stereocenters. The van der Waals surface area contributed by atoms with Crippen LogP contribution >= 0.6 is 12.6 Å². The molecular weight excluding hydrogens is 246 g/mol. The van der Waals surface area contributed by atoms with Crippen LogP contribution in [-0.4, -0.2) is 25.2 Å². The average molecular weight is 265 g/mol. The van der Waals surface area contributed by atoms with Crippen molar-refractivity contribution in [2.75, 3.05) is 7.11 Å². The third kappa shape index (κ3) is 2.40. The first-order chi connectivity index (χ1) is 8.45. The van der Waals surface area contributed by atoms with Gasteiger partial charge in [0.1, 0.15) is 0 Å². The molecule has 0 radical (unpaired) electrons. The van der Waals surface area contributed by atoms with Crippen LogP contribution in [0.2, 0.25) is 0 Å². The molecule has 0 aromatic heterocycles. The summed E-state index contributed by atoms with van der Waals surface area (Å²) in [6.45, 7) is 4.23. The molecule has 98 valence electrons. The van der Waals surface area contributed by atoms with Crippen LogP contribution in [0.25, 0.3) is 0 Å². The highest BCUT2D eigenvalue weighted by molar-refractivity contribution is 7.80. The van der Waals surface area contributed by atoms with Crippen LogP contribution in [0.1, 0.15) is 30.6 Å². The van der Waals surface area contributed by atoms with Crippen molar-refractivity contribution in [3.63, 3.8) is 0 Å². The van der Waals surface area contributed by atoms with Crippen LogP contribution in [-0.2, 0) is 4.74 Å². The zero-order chi connectivity index (χ0) is 13.3. The van der Waals surface area contributed by atoms with E-state index >= 15 is 0 Å². The van der Waals surface area contributed by atoms with E-state index < -0.39 is 0 Å². The number of hydrogen-bond acceptors (Lipinski definition) is 3. The van der Waals surface area contributed by atoms with E-state index in [1.807, 2.05) is 12.1 Å². The number of nitrogens with one attached hydrogen (secondary N) is 1. The van der Waals surface area contributed by atoms with E-state index in [1.165, 1.54) is 0 Å². The summed E-state index contributed by atoms with van der Waals surface area (Å²) in [7, 11) is 1.72. The molecule has 1 aliphatic rings. The fourth-order valence-corrected chi connectivity index (χ4v) is 2.53. The van der Waals surface area contributed by atoms with E-state index in [0.29, 0.717) is 5.56 Å². The molecule has 0 aliphatic heterocycles. The van der Waals surface area contributed by atoms with Crippen molar-refractivity contribution in [3.8, 4) is 0 Å². The molecule has 4 heteroatoms. The molecule has 1 aromatic rings. The van der Waals surface area contributed by atoms with Gasteiger partial charge in [0.2, 0.25) is 0 Å². The van der Waals surface area contributed by atoms with Crippen LogP contribution in [0.5, 0.6) is 0 Å². The fourth-order valence-electron chi connectivity index (χ4n) is 2.38. The molecule has 0 spiro atoms. The Morgan fingerprint density at radius 3 is 2.50 bits per heavy atom. The van der Waals surface area contributed by atoms with Crippen LogP contribution in [0, 0.1) is 5.41 Å². The molecule has 1 amide bonds. The third-order valence-corrected chi connectivity index (χ3v) is 4.20. The predicted octanol–water partition coefficient (Wildman–Crippen LogP) is 2.52. The monoisotopic (exact) mass is 265 g/mol. The number of thiol groups is 1. The summed E-state index contributed by atoms with van der Waals surface area (Å²) in [6.07, 6.45) is 1.10. The predicted molar refractivity (Wildman–Crippen MR) is 74.1 cm³/mol. The summed E-state index contributed by atoms with van der Waals surface area (Å²) in [5.74, 6) is -0.0315. The Balaban J connectivity index is 1.99. The minimum absolute atomic E-state index is 0.00605. The Morgan fingerprint density at radius 2 is 2.00 bits per heavy atom. The second-order valence-electron chi connectivity index (χ2n) is 5.35. The van der Waals surface area contributed by atoms with Crippen molar-refractivity contribution in [2.24, 2.45) is 5.41 Å². The lowest BCUT2D eigenvalue weighted by Gasteiger charge is -2.51. The minimum Gasteiger partial charge on any atom is -0.381 e. The summed E-state index contributed by atoms with van der Waals surface area (Å²) >= 11 is 4.20. The first kappa shape index (κ1) is 13.4. The Labute approximate surface area is 113 Å². The topological polar surface area (TPSA) is 38.3 Å². The lowest BCUT2D eigenvalue weighted by molar-refractivity contribution is -0.0942. The van der Waals surface area contributed by atoms with E-state index in [1.54, 1.807) is 19.2 Å². The van der Waals surface area contributed by atoms with Gasteiger partial charge in [0, 0.05) is 29.0 Å². The largest absolute Gasteiger partial charge is 0.381 e. The fraction of sp³-hybridized carbons (Fsp3) is 0.500. The summed E-state index contributed by atoms with van der Waals surface area (Å²) < 4.78 is 5.37. The lowest BCUT2D eigenvalue weighted by atomic mass is 9.64. The zero-order valence-corrected chi connectivity index (χ0v) is 11.8. The molecule has 0 saturated heterocycles. The number of methoxy groups -OCH3 is 1. The Kier molecular flexibility index (Phi) is 3.69. The van der Waals surface area contributed by atoms with E-state index in [-0.39, 0.29) is 23.5 Å². The number of rotatable bonds is 3. The first-order valence-corrected chi connectivity index (χ1v) is 6.52. The average Bonchev–Trinajstić information content (AvgIpc) is 2.34. The maximum Gasteiger partial charge on any atom is 0.251 e. The van der Waals surface area contributed by atoms with Crippen molar-refractivity contribution < 1.29 is 9.53 Å². The summed E-state index contributed by atoms with van der Waals surface area (Å²) in [5.41, 5.74) is 0.665. The summed E-state index contributed by atoms with van der Waals surface area (Å²) in [6, 6.07) is 7.39. The highest BCUT2D eigenvalue weighted by Crippen LogP contribution is 2.42. The van der Waals surface area contributed by atoms with Gasteiger partial charge in [0.15, 0.2) is 0 Å². The van der Waals surface area contributed by atoms with Crippen LogP contribution in [0.4, 0.5) is 0 Å². The summed E-state index contributed by atoms with van der Waals surface area (Å²) in [5, 5.41) is 3.06. The molecule has 1 aliphatic carbocycles. The van der Waals surface area contributed by atoms with Gasteiger partial charge in [0.25, 0.3) is 5.91 Å². The van der Waals surface area contributed by atoms with Crippen molar-refractivity contribution >= 4 is 18.5 Å². The molecule has 18 heavy (non-hydrogen) atoms. The highest BCUT2D eigenvalue weighted by atomic mass is 32.1. The van der Waals surface area contributed by atoms with E-state index in [4.69, 9.17) is 4.74 Å². The van der Waals surface area contributed by atoms with Gasteiger partial charge < -0.3 is 10.1 Å². The van der Waals surface area contributed by atoms with E-state index in [0.717, 1.165) is 11.3 Å². The molecule has 2 rings (SSSR count). The van der Waals surface area contributed by atoms with Gasteiger partial charge in [-0.3, -0.25) is 4.79 Å². The van der Waals surface area contributed by atoms with Gasteiger partial charge in [-0.25, -0.2) is 0 Å². The van der Waals surface area contributed by atoms with Crippen molar-refractivity contribution in [1.82, 2.24) is 5.32 Å². The molecule has 0 heterocycles. The van der Waals surface area contributed by atoms with Gasteiger partial charge in [-0.1, -0.05) is 13.8 Å². The van der Waals surface area contributed by atoms with Crippen LogP contribution in [0.3, 0.4) is 0 Å². The molecule has 3 nitrogen and oxygen atoms in total. The zero-order valence-electron chi connectivity index (χ0n) is 10.9. The van der Waals surface area contributed by atoms with Gasteiger partial charge in [-0.2, -0.15) is 0 Å². The maximum atomic E-state index is 12.1. The molecule has 1 aromatic carbocycles. The molecule has 1 N–H and O–H groups in total. The number of carbonyl (C=O) groups excluding carboxylic acids is 1.